The third-order valence-corrected chi connectivity index (χ3v) is 4.05. The Morgan fingerprint density at radius 3 is 1.85 bits per heavy atom. The van der Waals surface area contributed by atoms with Crippen molar-refractivity contribution in [1.29, 1.82) is 0 Å². The zero-order valence-corrected chi connectivity index (χ0v) is 17.3. The van der Waals surface area contributed by atoms with E-state index in [1.165, 1.54) is 6.07 Å². The van der Waals surface area contributed by atoms with Gasteiger partial charge in [-0.1, -0.05) is 15.9 Å². The second kappa shape index (κ2) is 10.0. The van der Waals surface area contributed by atoms with Crippen LogP contribution < -0.4 is 10.6 Å². The van der Waals surface area contributed by atoms with Crippen molar-refractivity contribution in [2.24, 2.45) is 0 Å². The van der Waals surface area contributed by atoms with Gasteiger partial charge in [0.1, 0.15) is 0 Å². The van der Waals surface area contributed by atoms with E-state index in [9.17, 15) is 9.59 Å². The quantitative estimate of drug-likeness (QED) is 0.491. The lowest BCUT2D eigenvalue weighted by Crippen LogP contribution is -2.20. The van der Waals surface area contributed by atoms with Gasteiger partial charge in [0.15, 0.2) is 5.11 Å². The van der Waals surface area contributed by atoms with Crippen LogP contribution in [-0.2, 0) is 9.47 Å². The summed E-state index contributed by atoms with van der Waals surface area (Å²) in [6.07, 6.45) is 0. The number of hydrogen-bond donors (Lipinski definition) is 2. The number of benzene rings is 2. The van der Waals surface area contributed by atoms with Gasteiger partial charge in [-0.05, 0) is 68.5 Å². The van der Waals surface area contributed by atoms with Gasteiger partial charge in [0.2, 0.25) is 0 Å². The molecule has 0 bridgehead atoms. The number of halogens is 1. The molecule has 2 N–H and O–H groups in total. The van der Waals surface area contributed by atoms with Gasteiger partial charge < -0.3 is 20.1 Å². The van der Waals surface area contributed by atoms with E-state index in [1.807, 2.05) is 24.3 Å². The Morgan fingerprint density at radius 1 is 0.889 bits per heavy atom. The Bertz CT molecular complexity index is 804. The fourth-order valence-corrected chi connectivity index (χ4v) is 2.69. The van der Waals surface area contributed by atoms with E-state index in [2.05, 4.69) is 26.6 Å². The summed E-state index contributed by atoms with van der Waals surface area (Å²) >= 11 is 8.67. The summed E-state index contributed by atoms with van der Waals surface area (Å²) in [4.78, 5) is 24.2. The smallest absolute Gasteiger partial charge is 0.338 e. The van der Waals surface area contributed by atoms with Crippen LogP contribution in [0.3, 0.4) is 0 Å². The second-order valence-electron chi connectivity index (χ2n) is 5.33. The van der Waals surface area contributed by atoms with Gasteiger partial charge in [-0.3, -0.25) is 0 Å². The maximum Gasteiger partial charge on any atom is 0.338 e. The Labute approximate surface area is 171 Å². The van der Waals surface area contributed by atoms with Gasteiger partial charge in [-0.25, -0.2) is 9.59 Å². The van der Waals surface area contributed by atoms with Crippen LogP contribution in [0.2, 0.25) is 0 Å². The van der Waals surface area contributed by atoms with Gasteiger partial charge in [0.25, 0.3) is 0 Å². The largest absolute Gasteiger partial charge is 0.462 e. The molecule has 2 aromatic rings. The van der Waals surface area contributed by atoms with Crippen LogP contribution in [0.1, 0.15) is 34.6 Å². The fraction of sp³-hybridized carbons (Fsp3) is 0.211. The van der Waals surface area contributed by atoms with Gasteiger partial charge in [-0.15, -0.1) is 0 Å². The average Bonchev–Trinajstić information content (AvgIpc) is 2.63. The number of ether oxygens (including phenoxy) is 2. The molecule has 0 radical (unpaired) electrons. The zero-order chi connectivity index (χ0) is 19.8. The molecule has 2 rings (SSSR count). The number of thiocarbonyl (C=S) groups is 1. The molecule has 0 amide bonds. The van der Waals surface area contributed by atoms with Crippen molar-refractivity contribution in [2.45, 2.75) is 13.8 Å². The molecule has 0 spiro atoms. The summed E-state index contributed by atoms with van der Waals surface area (Å²) < 4.78 is 11.0. The standard InChI is InChI=1S/C19H19BrN2O4S/c1-3-25-17(23)12-9-13(18(24)26-4-2)11-16(10-12)22-19(27)21-15-7-5-14(20)6-8-15/h5-11H,3-4H2,1-2H3,(H2,21,22,27). The number of esters is 2. The molecule has 2 aromatic carbocycles. The summed E-state index contributed by atoms with van der Waals surface area (Å²) in [7, 11) is 0. The maximum absolute atomic E-state index is 12.1. The average molecular weight is 451 g/mol. The van der Waals surface area contributed by atoms with E-state index < -0.39 is 11.9 Å². The van der Waals surface area contributed by atoms with E-state index in [1.54, 1.807) is 26.0 Å². The topological polar surface area (TPSA) is 76.7 Å². The third kappa shape index (κ3) is 6.33. The van der Waals surface area contributed by atoms with Crippen LogP contribution >= 0.6 is 28.1 Å². The highest BCUT2D eigenvalue weighted by molar-refractivity contribution is 9.10. The molecular weight excluding hydrogens is 432 g/mol. The monoisotopic (exact) mass is 450 g/mol. The van der Waals surface area contributed by atoms with Crippen molar-refractivity contribution in [3.8, 4) is 0 Å². The number of hydrogen-bond acceptors (Lipinski definition) is 5. The van der Waals surface area contributed by atoms with Crippen LogP contribution in [-0.4, -0.2) is 30.3 Å². The Kier molecular flexibility index (Phi) is 7.75. The van der Waals surface area contributed by atoms with Crippen molar-refractivity contribution in [3.63, 3.8) is 0 Å². The van der Waals surface area contributed by atoms with Crippen molar-refractivity contribution in [3.05, 3.63) is 58.1 Å². The molecular formula is C19H19BrN2O4S. The lowest BCUT2D eigenvalue weighted by molar-refractivity contribution is 0.0525. The Morgan fingerprint density at radius 2 is 1.37 bits per heavy atom. The summed E-state index contributed by atoms with van der Waals surface area (Å²) in [5, 5.41) is 6.32. The van der Waals surface area contributed by atoms with Crippen molar-refractivity contribution < 1.29 is 19.1 Å². The minimum absolute atomic E-state index is 0.231. The Hall–Kier alpha value is -2.45. The number of carbonyl (C=O) groups excluding carboxylic acids is 2. The van der Waals surface area contributed by atoms with Crippen LogP contribution in [0.5, 0.6) is 0 Å². The first-order valence-electron chi connectivity index (χ1n) is 8.25. The van der Waals surface area contributed by atoms with Crippen LogP contribution in [0, 0.1) is 0 Å². The molecule has 0 saturated heterocycles. The molecule has 0 saturated carbocycles. The molecule has 0 aliphatic rings. The number of anilines is 2. The fourth-order valence-electron chi connectivity index (χ4n) is 2.19. The van der Waals surface area contributed by atoms with E-state index in [-0.39, 0.29) is 24.3 Å². The highest BCUT2D eigenvalue weighted by Crippen LogP contribution is 2.19. The number of nitrogens with one attached hydrogen (secondary N) is 2. The van der Waals surface area contributed by atoms with E-state index in [0.717, 1.165) is 10.2 Å². The highest BCUT2D eigenvalue weighted by atomic mass is 79.9. The lowest BCUT2D eigenvalue weighted by atomic mass is 10.1. The molecule has 0 heterocycles. The van der Waals surface area contributed by atoms with Crippen LogP contribution in [0.4, 0.5) is 11.4 Å². The predicted molar refractivity (Wildman–Crippen MR) is 112 cm³/mol. The second-order valence-corrected chi connectivity index (χ2v) is 6.65. The molecule has 6 nitrogen and oxygen atoms in total. The first kappa shape index (κ1) is 20.9. The molecule has 0 unspecified atom stereocenters. The minimum atomic E-state index is -0.529. The molecule has 0 aliphatic heterocycles. The molecule has 142 valence electrons. The first-order chi connectivity index (χ1) is 12.9. The summed E-state index contributed by atoms with van der Waals surface area (Å²) in [5.41, 5.74) is 1.73. The summed E-state index contributed by atoms with van der Waals surface area (Å²) in [6, 6.07) is 12.0. The predicted octanol–water partition coefficient (Wildman–Crippen LogP) is 4.61. The zero-order valence-electron chi connectivity index (χ0n) is 14.9. The molecule has 0 aliphatic carbocycles. The number of carbonyl (C=O) groups is 2. The van der Waals surface area contributed by atoms with E-state index in [0.29, 0.717) is 10.8 Å². The SMILES string of the molecule is CCOC(=O)c1cc(NC(=S)Nc2ccc(Br)cc2)cc(C(=O)OCC)c1. The first-order valence-corrected chi connectivity index (χ1v) is 9.46. The van der Waals surface area contributed by atoms with Crippen LogP contribution in [0.15, 0.2) is 46.9 Å². The minimum Gasteiger partial charge on any atom is -0.462 e. The molecule has 0 aromatic heterocycles. The maximum atomic E-state index is 12.1. The molecule has 0 atom stereocenters. The van der Waals surface area contributed by atoms with E-state index in [4.69, 9.17) is 21.7 Å². The van der Waals surface area contributed by atoms with Crippen molar-refractivity contribution >= 4 is 56.6 Å². The molecule has 0 fully saturated rings. The summed E-state index contributed by atoms with van der Waals surface area (Å²) in [5.74, 6) is -1.06. The summed E-state index contributed by atoms with van der Waals surface area (Å²) in [6.45, 7) is 3.89. The lowest BCUT2D eigenvalue weighted by Gasteiger charge is -2.13. The Balaban J connectivity index is 2.22. The third-order valence-electron chi connectivity index (χ3n) is 3.32. The van der Waals surface area contributed by atoms with E-state index >= 15 is 0 Å². The van der Waals surface area contributed by atoms with Gasteiger partial charge in [0.05, 0.1) is 24.3 Å². The van der Waals surface area contributed by atoms with Gasteiger partial charge >= 0.3 is 11.9 Å². The number of rotatable bonds is 6. The highest BCUT2D eigenvalue weighted by Gasteiger charge is 2.15. The normalized spacial score (nSPS) is 10.0. The van der Waals surface area contributed by atoms with Crippen molar-refractivity contribution in [2.75, 3.05) is 23.8 Å². The van der Waals surface area contributed by atoms with Crippen molar-refractivity contribution in [1.82, 2.24) is 0 Å². The van der Waals surface area contributed by atoms with Gasteiger partial charge in [0, 0.05) is 15.8 Å². The van der Waals surface area contributed by atoms with Gasteiger partial charge in [-0.2, -0.15) is 0 Å². The molecule has 27 heavy (non-hydrogen) atoms. The van der Waals surface area contributed by atoms with Crippen LogP contribution in [0.25, 0.3) is 0 Å². The molecule has 8 heteroatoms.